The first-order valence-electron chi connectivity index (χ1n) is 9.40. The number of hydrogen-bond donors (Lipinski definition) is 0. The minimum atomic E-state index is -0.569. The molecule has 0 N–H and O–H groups in total. The van der Waals surface area contributed by atoms with E-state index in [1.54, 1.807) is 12.4 Å². The average molecular weight is 520 g/mol. The lowest BCUT2D eigenvalue weighted by molar-refractivity contribution is -0.120. The van der Waals surface area contributed by atoms with Crippen molar-refractivity contribution >= 4 is 37.6 Å². The second kappa shape index (κ2) is 6.62. The highest BCUT2D eigenvalue weighted by Gasteiger charge is 2.45. The Bertz CT molecular complexity index is 1270. The Labute approximate surface area is 188 Å². The van der Waals surface area contributed by atoms with Gasteiger partial charge in [0.1, 0.15) is 21.0 Å². The molecule has 2 unspecified atom stereocenters. The first kappa shape index (κ1) is 18.0. The van der Waals surface area contributed by atoms with Crippen LogP contribution in [-0.2, 0) is 4.79 Å². The monoisotopic (exact) mass is 518 g/mol. The van der Waals surface area contributed by atoms with Gasteiger partial charge in [0, 0.05) is 34.6 Å². The van der Waals surface area contributed by atoms with E-state index in [0.29, 0.717) is 9.21 Å². The summed E-state index contributed by atoms with van der Waals surface area (Å²) < 4.78 is 1.39. The molecule has 5 nitrogen and oxygen atoms in total. The van der Waals surface area contributed by atoms with Crippen LogP contribution < -0.4 is 0 Å². The van der Waals surface area contributed by atoms with E-state index in [4.69, 9.17) is 0 Å². The smallest absolute Gasteiger partial charge is 0.163 e. The Balaban J connectivity index is 1.58. The quantitative estimate of drug-likeness (QED) is 0.337. The third-order valence-electron chi connectivity index (χ3n) is 5.70. The molecule has 7 heteroatoms. The number of halogens is 2. The summed E-state index contributed by atoms with van der Waals surface area (Å²) >= 11 is 6.91. The first-order valence-corrected chi connectivity index (χ1v) is 11.0. The maximum absolute atomic E-state index is 14.1. The molecule has 0 aliphatic heterocycles. The third-order valence-corrected chi connectivity index (χ3v) is 6.58. The molecular weight excluding hydrogens is 508 g/mol. The molecule has 0 radical (unpaired) electrons. The van der Waals surface area contributed by atoms with E-state index in [-0.39, 0.29) is 5.78 Å². The van der Waals surface area contributed by atoms with E-state index < -0.39 is 11.8 Å². The van der Waals surface area contributed by atoms with Crippen LogP contribution in [0, 0.1) is 0 Å². The molecule has 0 saturated carbocycles. The van der Waals surface area contributed by atoms with Gasteiger partial charge in [-0.15, -0.1) is 0 Å². The summed E-state index contributed by atoms with van der Waals surface area (Å²) in [5, 5.41) is 0. The molecule has 0 saturated heterocycles. The van der Waals surface area contributed by atoms with Gasteiger partial charge in [0.25, 0.3) is 0 Å². The fraction of sp³-hybridized carbons (Fsp3) is 0.0870. The van der Waals surface area contributed by atoms with E-state index in [1.165, 1.54) is 0 Å². The van der Waals surface area contributed by atoms with Gasteiger partial charge in [-0.3, -0.25) is 14.8 Å². The fourth-order valence-electron chi connectivity index (χ4n) is 4.51. The van der Waals surface area contributed by atoms with Crippen molar-refractivity contribution in [2.75, 3.05) is 0 Å². The predicted molar refractivity (Wildman–Crippen MR) is 119 cm³/mol. The molecule has 0 spiro atoms. The number of nitrogens with zero attached hydrogens (tertiary/aromatic N) is 4. The van der Waals surface area contributed by atoms with Gasteiger partial charge in [0.05, 0.1) is 22.8 Å². The van der Waals surface area contributed by atoms with Gasteiger partial charge in [-0.05, 0) is 68.3 Å². The van der Waals surface area contributed by atoms with E-state index in [0.717, 1.165) is 45.0 Å². The Kier molecular flexibility index (Phi) is 3.98. The van der Waals surface area contributed by atoms with E-state index >= 15 is 0 Å². The molecule has 2 aliphatic carbocycles. The maximum Gasteiger partial charge on any atom is 0.163 e. The van der Waals surface area contributed by atoms with Crippen molar-refractivity contribution in [3.63, 3.8) is 0 Å². The Morgan fingerprint density at radius 2 is 1.07 bits per heavy atom. The summed E-state index contributed by atoms with van der Waals surface area (Å²) in [6, 6.07) is 15.5. The molecule has 30 heavy (non-hydrogen) atoms. The van der Waals surface area contributed by atoms with Gasteiger partial charge in [0.15, 0.2) is 5.78 Å². The van der Waals surface area contributed by atoms with Crippen molar-refractivity contribution in [1.29, 1.82) is 0 Å². The van der Waals surface area contributed by atoms with Crippen molar-refractivity contribution in [3.05, 3.63) is 92.9 Å². The van der Waals surface area contributed by atoms with Gasteiger partial charge >= 0.3 is 0 Å². The van der Waals surface area contributed by atoms with Crippen LogP contribution in [0.3, 0.4) is 0 Å². The van der Waals surface area contributed by atoms with Crippen LogP contribution in [0.1, 0.15) is 34.6 Å². The van der Waals surface area contributed by atoms with Gasteiger partial charge in [-0.25, -0.2) is 9.97 Å². The van der Waals surface area contributed by atoms with Crippen molar-refractivity contribution < 1.29 is 4.79 Å². The standard InChI is InChI=1S/C23H12Br2N4O/c24-15-7-5-13-11-3-1-9-26-19(11)17(21(13)28-15)23(30)18-20-12(4-2-10-27-20)14-6-8-16(25)29-22(14)18/h1-10,17-18H. The zero-order valence-corrected chi connectivity index (χ0v) is 18.6. The molecule has 0 bridgehead atoms. The summed E-state index contributed by atoms with van der Waals surface area (Å²) in [6.45, 7) is 0. The van der Waals surface area contributed by atoms with Crippen LogP contribution in [0.2, 0.25) is 0 Å². The summed E-state index contributed by atoms with van der Waals surface area (Å²) in [5.41, 5.74) is 6.73. The SMILES string of the molecule is O=C(C1c2ncccc2-c2ccc(Br)nc21)C1c2ncccc2-c2ccc(Br)nc21. The summed E-state index contributed by atoms with van der Waals surface area (Å²) in [4.78, 5) is 32.6. The molecule has 2 aliphatic rings. The molecular formula is C23H12Br2N4O. The Morgan fingerprint density at radius 1 is 0.633 bits per heavy atom. The molecule has 4 aromatic rings. The van der Waals surface area contributed by atoms with Crippen LogP contribution in [0.15, 0.2) is 70.1 Å². The Morgan fingerprint density at radius 3 is 1.53 bits per heavy atom. The number of carbonyl (C=O) groups is 1. The zero-order chi connectivity index (χ0) is 20.4. The normalized spacial score (nSPS) is 17.8. The summed E-state index contributed by atoms with van der Waals surface area (Å²) in [5.74, 6) is -1.15. The second-order valence-electron chi connectivity index (χ2n) is 7.27. The molecule has 4 heterocycles. The summed E-state index contributed by atoms with van der Waals surface area (Å²) in [7, 11) is 0. The number of rotatable bonds is 2. The minimum Gasteiger partial charge on any atom is -0.297 e. The lowest BCUT2D eigenvalue weighted by Gasteiger charge is -2.17. The van der Waals surface area contributed by atoms with Crippen LogP contribution in [0.5, 0.6) is 0 Å². The van der Waals surface area contributed by atoms with E-state index in [1.807, 2.05) is 48.5 Å². The maximum atomic E-state index is 14.1. The highest BCUT2D eigenvalue weighted by atomic mass is 79.9. The molecule has 0 amide bonds. The fourth-order valence-corrected chi connectivity index (χ4v) is 5.16. The molecule has 0 aromatic carbocycles. The van der Waals surface area contributed by atoms with E-state index in [2.05, 4.69) is 51.8 Å². The highest BCUT2D eigenvalue weighted by molar-refractivity contribution is 9.10. The first-order chi connectivity index (χ1) is 14.6. The topological polar surface area (TPSA) is 68.6 Å². The van der Waals surface area contributed by atoms with Crippen LogP contribution in [0.25, 0.3) is 22.3 Å². The van der Waals surface area contributed by atoms with E-state index in [9.17, 15) is 4.79 Å². The number of fused-ring (bicyclic) bond motifs is 6. The van der Waals surface area contributed by atoms with Crippen molar-refractivity contribution in [2.45, 2.75) is 11.8 Å². The number of pyridine rings is 4. The summed E-state index contributed by atoms with van der Waals surface area (Å²) in [6.07, 6.45) is 3.45. The van der Waals surface area contributed by atoms with Crippen molar-refractivity contribution in [2.24, 2.45) is 0 Å². The molecule has 6 rings (SSSR count). The van der Waals surface area contributed by atoms with Crippen molar-refractivity contribution in [1.82, 2.24) is 19.9 Å². The molecule has 144 valence electrons. The number of Topliss-reactive ketones (excluding diaryl/α,β-unsaturated/α-hetero) is 1. The highest BCUT2D eigenvalue weighted by Crippen LogP contribution is 2.50. The largest absolute Gasteiger partial charge is 0.297 e. The predicted octanol–water partition coefficient (Wildman–Crippen LogP) is 5.29. The van der Waals surface area contributed by atoms with Crippen LogP contribution in [0.4, 0.5) is 0 Å². The third kappa shape index (κ3) is 2.48. The number of carbonyl (C=O) groups excluding carboxylic acids is 1. The molecule has 2 atom stereocenters. The van der Waals surface area contributed by atoms with Crippen LogP contribution >= 0.6 is 31.9 Å². The minimum absolute atomic E-state index is 0.0106. The lowest BCUT2D eigenvalue weighted by Crippen LogP contribution is -2.22. The molecule has 4 aromatic heterocycles. The number of ketones is 1. The van der Waals surface area contributed by atoms with Gasteiger partial charge < -0.3 is 0 Å². The number of aromatic nitrogens is 4. The average Bonchev–Trinajstić information content (AvgIpc) is 3.25. The van der Waals surface area contributed by atoms with Gasteiger partial charge in [0.2, 0.25) is 0 Å². The van der Waals surface area contributed by atoms with Crippen LogP contribution in [-0.4, -0.2) is 25.7 Å². The molecule has 0 fully saturated rings. The van der Waals surface area contributed by atoms with Crippen molar-refractivity contribution in [3.8, 4) is 22.3 Å². The van der Waals surface area contributed by atoms with Gasteiger partial charge in [-0.2, -0.15) is 0 Å². The number of hydrogen-bond acceptors (Lipinski definition) is 5. The lowest BCUT2D eigenvalue weighted by atomic mass is 9.87. The van der Waals surface area contributed by atoms with Gasteiger partial charge in [-0.1, -0.05) is 12.1 Å². The zero-order valence-electron chi connectivity index (χ0n) is 15.4. The second-order valence-corrected chi connectivity index (χ2v) is 8.90. The Hall–Kier alpha value is -2.77.